The SMILES string of the molecule is CCCCCC(=O)OCCC1=NCCS1. The van der Waals surface area contributed by atoms with E-state index >= 15 is 0 Å². The number of esters is 1. The summed E-state index contributed by atoms with van der Waals surface area (Å²) >= 11 is 1.77. The molecule has 0 N–H and O–H groups in total. The van der Waals surface area contributed by atoms with Crippen LogP contribution in [0.1, 0.15) is 39.0 Å². The van der Waals surface area contributed by atoms with Crippen LogP contribution in [0.5, 0.6) is 0 Å². The average molecular weight is 229 g/mol. The molecule has 0 aliphatic carbocycles. The maximum atomic E-state index is 11.2. The van der Waals surface area contributed by atoms with Gasteiger partial charge in [-0.25, -0.2) is 0 Å². The van der Waals surface area contributed by atoms with Gasteiger partial charge in [0.2, 0.25) is 0 Å². The molecule has 0 saturated carbocycles. The Morgan fingerprint density at radius 3 is 3.07 bits per heavy atom. The summed E-state index contributed by atoms with van der Waals surface area (Å²) < 4.78 is 5.12. The maximum Gasteiger partial charge on any atom is 0.305 e. The molecular formula is C11H19NO2S. The number of hydrogen-bond acceptors (Lipinski definition) is 4. The normalized spacial score (nSPS) is 15.1. The molecule has 0 bridgehead atoms. The van der Waals surface area contributed by atoms with Crippen LogP contribution in [0.15, 0.2) is 4.99 Å². The predicted molar refractivity (Wildman–Crippen MR) is 64.5 cm³/mol. The van der Waals surface area contributed by atoms with Crippen molar-refractivity contribution in [2.45, 2.75) is 39.0 Å². The van der Waals surface area contributed by atoms with Gasteiger partial charge in [-0.1, -0.05) is 19.8 Å². The van der Waals surface area contributed by atoms with Crippen LogP contribution in [0.4, 0.5) is 0 Å². The largest absolute Gasteiger partial charge is 0.465 e. The van der Waals surface area contributed by atoms with Gasteiger partial charge >= 0.3 is 5.97 Å². The summed E-state index contributed by atoms with van der Waals surface area (Å²) in [4.78, 5) is 15.5. The van der Waals surface area contributed by atoms with Crippen molar-refractivity contribution in [2.24, 2.45) is 4.99 Å². The highest BCUT2D eigenvalue weighted by molar-refractivity contribution is 8.14. The molecule has 0 spiro atoms. The van der Waals surface area contributed by atoms with E-state index in [1.54, 1.807) is 11.8 Å². The van der Waals surface area contributed by atoms with E-state index in [0.717, 1.165) is 43.0 Å². The average Bonchev–Trinajstić information content (AvgIpc) is 2.71. The lowest BCUT2D eigenvalue weighted by molar-refractivity contribution is -0.143. The molecule has 1 rings (SSSR count). The number of rotatable bonds is 7. The van der Waals surface area contributed by atoms with Crippen molar-refractivity contribution in [3.8, 4) is 0 Å². The summed E-state index contributed by atoms with van der Waals surface area (Å²) in [7, 11) is 0. The third kappa shape index (κ3) is 5.82. The number of nitrogens with zero attached hydrogens (tertiary/aromatic N) is 1. The van der Waals surface area contributed by atoms with E-state index in [4.69, 9.17) is 4.74 Å². The number of aliphatic imine (C=N–C) groups is 1. The van der Waals surface area contributed by atoms with Crippen molar-refractivity contribution in [1.82, 2.24) is 0 Å². The van der Waals surface area contributed by atoms with E-state index in [1.165, 1.54) is 0 Å². The minimum absolute atomic E-state index is 0.0629. The molecule has 0 radical (unpaired) electrons. The van der Waals surface area contributed by atoms with Crippen LogP contribution in [0.3, 0.4) is 0 Å². The Balaban J connectivity index is 1.96. The van der Waals surface area contributed by atoms with Gasteiger partial charge in [0.25, 0.3) is 0 Å². The van der Waals surface area contributed by atoms with Crippen LogP contribution in [-0.2, 0) is 9.53 Å². The molecule has 1 aliphatic rings. The number of carbonyl (C=O) groups excluding carboxylic acids is 1. The van der Waals surface area contributed by atoms with Gasteiger partial charge in [0, 0.05) is 25.1 Å². The van der Waals surface area contributed by atoms with E-state index in [0.29, 0.717) is 13.0 Å². The topological polar surface area (TPSA) is 38.7 Å². The maximum absolute atomic E-state index is 11.2. The molecule has 1 heterocycles. The van der Waals surface area contributed by atoms with Crippen molar-refractivity contribution >= 4 is 22.8 Å². The van der Waals surface area contributed by atoms with Gasteiger partial charge in [-0.2, -0.15) is 0 Å². The van der Waals surface area contributed by atoms with Crippen LogP contribution >= 0.6 is 11.8 Å². The number of ether oxygens (including phenoxy) is 1. The van der Waals surface area contributed by atoms with Crippen molar-refractivity contribution in [1.29, 1.82) is 0 Å². The number of hydrogen-bond donors (Lipinski definition) is 0. The first kappa shape index (κ1) is 12.6. The first-order chi connectivity index (χ1) is 7.33. The van der Waals surface area contributed by atoms with Crippen LogP contribution in [0.25, 0.3) is 0 Å². The van der Waals surface area contributed by atoms with Gasteiger partial charge in [0.1, 0.15) is 0 Å². The predicted octanol–water partition coefficient (Wildman–Crippen LogP) is 2.65. The van der Waals surface area contributed by atoms with Gasteiger partial charge in [-0.05, 0) is 6.42 Å². The first-order valence-electron chi connectivity index (χ1n) is 5.64. The van der Waals surface area contributed by atoms with Crippen molar-refractivity contribution in [3.63, 3.8) is 0 Å². The molecule has 15 heavy (non-hydrogen) atoms. The molecule has 1 aliphatic heterocycles. The summed E-state index contributed by atoms with van der Waals surface area (Å²) in [5.74, 6) is 1.02. The fraction of sp³-hybridized carbons (Fsp3) is 0.818. The zero-order valence-electron chi connectivity index (χ0n) is 9.33. The standard InChI is InChI=1S/C11H19NO2S/c1-2-3-4-5-11(13)14-8-6-10-12-7-9-15-10/h2-9H2,1H3. The molecule has 0 atom stereocenters. The fourth-order valence-corrected chi connectivity index (χ4v) is 2.20. The Morgan fingerprint density at radius 2 is 2.40 bits per heavy atom. The van der Waals surface area contributed by atoms with Crippen LogP contribution in [0.2, 0.25) is 0 Å². The second-order valence-electron chi connectivity index (χ2n) is 3.55. The summed E-state index contributed by atoms with van der Waals surface area (Å²) in [5.41, 5.74) is 0. The molecule has 0 aromatic rings. The lowest BCUT2D eigenvalue weighted by atomic mass is 10.2. The lowest BCUT2D eigenvalue weighted by Gasteiger charge is -2.03. The molecule has 86 valence electrons. The Morgan fingerprint density at radius 1 is 1.53 bits per heavy atom. The smallest absolute Gasteiger partial charge is 0.305 e. The van der Waals surface area contributed by atoms with Gasteiger partial charge < -0.3 is 4.74 Å². The highest BCUT2D eigenvalue weighted by Crippen LogP contribution is 2.14. The van der Waals surface area contributed by atoms with Crippen LogP contribution in [0, 0.1) is 0 Å². The third-order valence-corrected chi connectivity index (χ3v) is 3.26. The van der Waals surface area contributed by atoms with Gasteiger partial charge in [-0.15, -0.1) is 11.8 Å². The van der Waals surface area contributed by atoms with E-state index in [1.807, 2.05) is 0 Å². The number of carbonyl (C=O) groups is 1. The Kier molecular flexibility index (Phi) is 6.48. The third-order valence-electron chi connectivity index (χ3n) is 2.21. The number of unbranched alkanes of at least 4 members (excludes halogenated alkanes) is 2. The van der Waals surface area contributed by atoms with Crippen molar-refractivity contribution in [2.75, 3.05) is 18.9 Å². The molecule has 0 unspecified atom stereocenters. The Bertz CT molecular complexity index is 229. The van der Waals surface area contributed by atoms with E-state index in [2.05, 4.69) is 11.9 Å². The Hall–Kier alpha value is -0.510. The second kappa shape index (κ2) is 7.74. The molecule has 0 amide bonds. The van der Waals surface area contributed by atoms with Crippen LogP contribution < -0.4 is 0 Å². The fourth-order valence-electron chi connectivity index (χ4n) is 1.37. The Labute approximate surface area is 95.7 Å². The minimum atomic E-state index is -0.0629. The monoisotopic (exact) mass is 229 g/mol. The van der Waals surface area contributed by atoms with Crippen molar-refractivity contribution < 1.29 is 9.53 Å². The molecule has 4 heteroatoms. The van der Waals surface area contributed by atoms with E-state index < -0.39 is 0 Å². The summed E-state index contributed by atoms with van der Waals surface area (Å²) in [5, 5.41) is 1.14. The number of thioether (sulfide) groups is 1. The zero-order chi connectivity index (χ0) is 10.9. The summed E-state index contributed by atoms with van der Waals surface area (Å²) in [6, 6.07) is 0. The molecule has 0 fully saturated rings. The minimum Gasteiger partial charge on any atom is -0.465 e. The van der Waals surface area contributed by atoms with Gasteiger partial charge in [0.15, 0.2) is 0 Å². The summed E-state index contributed by atoms with van der Waals surface area (Å²) in [6.45, 7) is 3.54. The molecule has 0 saturated heterocycles. The van der Waals surface area contributed by atoms with Crippen LogP contribution in [-0.4, -0.2) is 29.9 Å². The highest BCUT2D eigenvalue weighted by atomic mass is 32.2. The molecule has 0 aromatic heterocycles. The van der Waals surface area contributed by atoms with E-state index in [9.17, 15) is 4.79 Å². The van der Waals surface area contributed by atoms with Gasteiger partial charge in [0.05, 0.1) is 11.7 Å². The summed E-state index contributed by atoms with van der Waals surface area (Å²) in [6.07, 6.45) is 4.56. The highest BCUT2D eigenvalue weighted by Gasteiger charge is 2.08. The second-order valence-corrected chi connectivity index (χ2v) is 4.72. The van der Waals surface area contributed by atoms with E-state index in [-0.39, 0.29) is 5.97 Å². The quantitative estimate of drug-likeness (QED) is 0.497. The lowest BCUT2D eigenvalue weighted by Crippen LogP contribution is -2.07. The molecule has 0 aromatic carbocycles. The van der Waals surface area contributed by atoms with Crippen molar-refractivity contribution in [3.05, 3.63) is 0 Å². The first-order valence-corrected chi connectivity index (χ1v) is 6.63. The molecular weight excluding hydrogens is 210 g/mol. The molecule has 3 nitrogen and oxygen atoms in total. The zero-order valence-corrected chi connectivity index (χ0v) is 10.1. The van der Waals surface area contributed by atoms with Gasteiger partial charge in [-0.3, -0.25) is 9.79 Å².